The number of amides is 1. The van der Waals surface area contributed by atoms with E-state index in [0.29, 0.717) is 0 Å². The zero-order valence-electron chi connectivity index (χ0n) is 15.1. The average molecular weight is 385 g/mol. The number of fused-ring (bicyclic) bond motifs is 3. The first-order chi connectivity index (χ1) is 12.7. The summed E-state index contributed by atoms with van der Waals surface area (Å²) in [6.45, 7) is 7.29. The van der Waals surface area contributed by atoms with Crippen molar-refractivity contribution in [3.05, 3.63) is 35.5 Å². The number of alkyl halides is 3. The number of carboxylic acids is 1. The zero-order chi connectivity index (χ0) is 20.2. The second-order valence-corrected chi connectivity index (χ2v) is 5.96. The molecule has 1 aliphatic rings. The largest absolute Gasteiger partial charge is 0.490 e. The Labute approximate surface area is 154 Å². The number of para-hydroxylation sites is 1. The van der Waals surface area contributed by atoms with E-state index in [0.717, 1.165) is 43.8 Å². The minimum absolute atomic E-state index is 0.0937. The van der Waals surface area contributed by atoms with Gasteiger partial charge in [0.25, 0.3) is 0 Å². The molecule has 0 bridgehead atoms. The van der Waals surface area contributed by atoms with Gasteiger partial charge in [0.2, 0.25) is 0 Å². The molecule has 0 fully saturated rings. The SMILES string of the molecule is CCN(CC)C(=O)n1c2c(c3ccccc31)CCNC2.O=C(O)C(F)(F)F. The fraction of sp³-hybridized carbons (Fsp3) is 0.444. The molecule has 6 nitrogen and oxygen atoms in total. The Bertz CT molecular complexity index is 826. The topological polar surface area (TPSA) is 74.6 Å². The van der Waals surface area contributed by atoms with Crippen LogP contribution >= 0.6 is 0 Å². The molecule has 1 aromatic carbocycles. The normalized spacial score (nSPS) is 13.5. The molecule has 0 unspecified atom stereocenters. The Morgan fingerprint density at radius 1 is 1.22 bits per heavy atom. The maximum Gasteiger partial charge on any atom is 0.490 e. The highest BCUT2D eigenvalue weighted by Gasteiger charge is 2.38. The molecule has 0 saturated carbocycles. The highest BCUT2D eigenvalue weighted by Crippen LogP contribution is 2.29. The Hall–Kier alpha value is -2.55. The number of carbonyl (C=O) groups is 2. The van der Waals surface area contributed by atoms with Crippen LogP contribution in [0.15, 0.2) is 24.3 Å². The summed E-state index contributed by atoms with van der Waals surface area (Å²) >= 11 is 0. The molecule has 1 aromatic heterocycles. The van der Waals surface area contributed by atoms with Gasteiger partial charge in [0.05, 0.1) is 5.52 Å². The second-order valence-electron chi connectivity index (χ2n) is 5.96. The number of nitrogens with zero attached hydrogens (tertiary/aromatic N) is 2. The average Bonchev–Trinajstić information content (AvgIpc) is 2.97. The Kier molecular flexibility index (Phi) is 6.48. The Morgan fingerprint density at radius 2 is 1.81 bits per heavy atom. The summed E-state index contributed by atoms with van der Waals surface area (Å²) in [5.74, 6) is -2.76. The lowest BCUT2D eigenvalue weighted by atomic mass is 10.1. The van der Waals surface area contributed by atoms with Crippen molar-refractivity contribution >= 4 is 22.9 Å². The fourth-order valence-corrected chi connectivity index (χ4v) is 3.10. The quantitative estimate of drug-likeness (QED) is 0.832. The smallest absolute Gasteiger partial charge is 0.475 e. The maximum absolute atomic E-state index is 12.8. The van der Waals surface area contributed by atoms with Crippen molar-refractivity contribution < 1.29 is 27.9 Å². The molecule has 0 atom stereocenters. The molecule has 2 N–H and O–H groups in total. The number of carbonyl (C=O) groups excluding carboxylic acids is 1. The standard InChI is InChI=1S/C16H21N3O.C2HF3O2/c1-3-18(4-2)16(20)19-14-8-6-5-7-12(14)13-9-10-17-11-15(13)19;3-2(4,5)1(6)7/h5-8,17H,3-4,9-11H2,1-2H3;(H,6,7). The number of hydrogen-bond donors (Lipinski definition) is 2. The highest BCUT2D eigenvalue weighted by atomic mass is 19.4. The van der Waals surface area contributed by atoms with E-state index >= 15 is 0 Å². The van der Waals surface area contributed by atoms with Gasteiger partial charge in [-0.1, -0.05) is 18.2 Å². The van der Waals surface area contributed by atoms with Crippen LogP contribution in [0.5, 0.6) is 0 Å². The predicted octanol–water partition coefficient (Wildman–Crippen LogP) is 3.23. The van der Waals surface area contributed by atoms with E-state index in [9.17, 15) is 18.0 Å². The van der Waals surface area contributed by atoms with Crippen molar-refractivity contribution in [2.75, 3.05) is 19.6 Å². The van der Waals surface area contributed by atoms with Crippen LogP contribution < -0.4 is 5.32 Å². The molecule has 1 amide bonds. The van der Waals surface area contributed by atoms with Crippen LogP contribution in [0.25, 0.3) is 10.9 Å². The van der Waals surface area contributed by atoms with Crippen molar-refractivity contribution in [3.63, 3.8) is 0 Å². The van der Waals surface area contributed by atoms with Gasteiger partial charge in [-0.3, -0.25) is 4.57 Å². The van der Waals surface area contributed by atoms with Gasteiger partial charge in [-0.05, 0) is 38.4 Å². The van der Waals surface area contributed by atoms with Crippen molar-refractivity contribution in [3.8, 4) is 0 Å². The van der Waals surface area contributed by atoms with Gasteiger partial charge in [-0.25, -0.2) is 9.59 Å². The molecular weight excluding hydrogens is 363 g/mol. The molecular formula is C18H22F3N3O3. The van der Waals surface area contributed by atoms with E-state index in [1.807, 2.05) is 29.4 Å². The highest BCUT2D eigenvalue weighted by molar-refractivity contribution is 5.95. The van der Waals surface area contributed by atoms with Gasteiger partial charge in [-0.15, -0.1) is 0 Å². The number of aromatic nitrogens is 1. The second kappa shape index (κ2) is 8.43. The fourth-order valence-electron chi connectivity index (χ4n) is 3.10. The predicted molar refractivity (Wildman–Crippen MR) is 94.8 cm³/mol. The zero-order valence-corrected chi connectivity index (χ0v) is 15.1. The summed E-state index contributed by atoms with van der Waals surface area (Å²) in [6, 6.07) is 8.33. The van der Waals surface area contributed by atoms with E-state index in [1.54, 1.807) is 0 Å². The monoisotopic (exact) mass is 385 g/mol. The van der Waals surface area contributed by atoms with Crippen LogP contribution in [0, 0.1) is 0 Å². The first kappa shape index (κ1) is 20.8. The molecule has 148 valence electrons. The van der Waals surface area contributed by atoms with Crippen molar-refractivity contribution in [1.82, 2.24) is 14.8 Å². The number of benzene rings is 1. The van der Waals surface area contributed by atoms with E-state index in [-0.39, 0.29) is 6.03 Å². The molecule has 0 saturated heterocycles. The van der Waals surface area contributed by atoms with E-state index in [4.69, 9.17) is 9.90 Å². The van der Waals surface area contributed by atoms with Crippen molar-refractivity contribution in [2.45, 2.75) is 33.0 Å². The van der Waals surface area contributed by atoms with Crippen LogP contribution in [0.1, 0.15) is 25.1 Å². The number of aliphatic carboxylic acids is 1. The van der Waals surface area contributed by atoms with Crippen LogP contribution in [-0.4, -0.2) is 52.4 Å². The molecule has 0 radical (unpaired) electrons. The van der Waals surface area contributed by atoms with E-state index in [2.05, 4.69) is 23.5 Å². The first-order valence-electron chi connectivity index (χ1n) is 8.63. The molecule has 2 aromatic rings. The lowest BCUT2D eigenvalue weighted by molar-refractivity contribution is -0.192. The minimum Gasteiger partial charge on any atom is -0.475 e. The van der Waals surface area contributed by atoms with Crippen LogP contribution in [-0.2, 0) is 17.8 Å². The Morgan fingerprint density at radius 3 is 2.37 bits per heavy atom. The first-order valence-corrected chi connectivity index (χ1v) is 8.63. The maximum atomic E-state index is 12.8. The van der Waals surface area contributed by atoms with Crippen molar-refractivity contribution in [1.29, 1.82) is 0 Å². The third-order valence-corrected chi connectivity index (χ3v) is 4.40. The molecule has 3 rings (SSSR count). The van der Waals surface area contributed by atoms with Gasteiger partial charge < -0.3 is 15.3 Å². The summed E-state index contributed by atoms with van der Waals surface area (Å²) in [6.07, 6.45) is -4.09. The number of hydrogen-bond acceptors (Lipinski definition) is 3. The molecule has 0 aliphatic carbocycles. The lowest BCUT2D eigenvalue weighted by Crippen LogP contribution is -2.36. The molecule has 0 spiro atoms. The Balaban J connectivity index is 0.000000321. The molecule has 1 aliphatic heterocycles. The molecule has 27 heavy (non-hydrogen) atoms. The lowest BCUT2D eigenvalue weighted by Gasteiger charge is -2.22. The van der Waals surface area contributed by atoms with Gasteiger partial charge in [-0.2, -0.15) is 13.2 Å². The summed E-state index contributed by atoms with van der Waals surface area (Å²) < 4.78 is 33.6. The third-order valence-electron chi connectivity index (χ3n) is 4.40. The number of carboxylic acid groups (broad SMARTS) is 1. The van der Waals surface area contributed by atoms with E-state index < -0.39 is 12.1 Å². The van der Waals surface area contributed by atoms with Crippen molar-refractivity contribution in [2.24, 2.45) is 0 Å². The molecule has 2 heterocycles. The van der Waals surface area contributed by atoms with Gasteiger partial charge in [0, 0.05) is 30.7 Å². The number of rotatable bonds is 2. The number of halogens is 3. The third kappa shape index (κ3) is 4.41. The molecule has 9 heteroatoms. The van der Waals surface area contributed by atoms with Crippen LogP contribution in [0.2, 0.25) is 0 Å². The minimum atomic E-state index is -5.08. The summed E-state index contributed by atoms with van der Waals surface area (Å²) in [7, 11) is 0. The van der Waals surface area contributed by atoms with Gasteiger partial charge >= 0.3 is 18.2 Å². The summed E-state index contributed by atoms with van der Waals surface area (Å²) in [5, 5.41) is 11.7. The summed E-state index contributed by atoms with van der Waals surface area (Å²) in [4.78, 5) is 23.6. The number of nitrogens with one attached hydrogen (secondary N) is 1. The van der Waals surface area contributed by atoms with E-state index in [1.165, 1.54) is 10.9 Å². The summed E-state index contributed by atoms with van der Waals surface area (Å²) in [5.41, 5.74) is 3.51. The van der Waals surface area contributed by atoms with Gasteiger partial charge in [0.15, 0.2) is 0 Å². The van der Waals surface area contributed by atoms with Crippen LogP contribution in [0.3, 0.4) is 0 Å². The van der Waals surface area contributed by atoms with Gasteiger partial charge in [0.1, 0.15) is 0 Å². The van der Waals surface area contributed by atoms with Crippen LogP contribution in [0.4, 0.5) is 18.0 Å².